The number of esters is 1. The molecule has 0 radical (unpaired) electrons. The van der Waals surface area contributed by atoms with E-state index in [1.165, 1.54) is 70.6 Å². The summed E-state index contributed by atoms with van der Waals surface area (Å²) in [5, 5.41) is 8.58. The third kappa shape index (κ3) is 15.7. The Kier molecular flexibility index (Phi) is 15.8. The topological polar surface area (TPSA) is 63.6 Å². The number of unbranched alkanes of at least 4 members (excludes halogenated alkanes) is 14. The lowest BCUT2D eigenvalue weighted by molar-refractivity contribution is -0.137. The average molecular weight is 405 g/mol. The van der Waals surface area contributed by atoms with Gasteiger partial charge in [-0.1, -0.05) is 102 Å². The molecule has 1 rings (SSSR count). The van der Waals surface area contributed by atoms with Gasteiger partial charge >= 0.3 is 11.9 Å². The van der Waals surface area contributed by atoms with Crippen LogP contribution >= 0.6 is 0 Å². The SMILES string of the molecule is O=C(O)CCCCCCCCCCCCCCCCCOC(=O)c1ccccc1. The maximum atomic E-state index is 11.8. The highest BCUT2D eigenvalue weighted by Crippen LogP contribution is 2.14. The summed E-state index contributed by atoms with van der Waals surface area (Å²) in [7, 11) is 0. The Morgan fingerprint density at radius 3 is 1.48 bits per heavy atom. The van der Waals surface area contributed by atoms with Crippen LogP contribution in [0.3, 0.4) is 0 Å². The molecule has 0 aliphatic heterocycles. The van der Waals surface area contributed by atoms with Gasteiger partial charge in [0.15, 0.2) is 0 Å². The van der Waals surface area contributed by atoms with Crippen LogP contribution in [0.5, 0.6) is 0 Å². The lowest BCUT2D eigenvalue weighted by Crippen LogP contribution is -2.06. The van der Waals surface area contributed by atoms with Gasteiger partial charge in [-0.2, -0.15) is 0 Å². The number of benzene rings is 1. The van der Waals surface area contributed by atoms with Gasteiger partial charge < -0.3 is 9.84 Å². The Morgan fingerprint density at radius 2 is 1.03 bits per heavy atom. The molecule has 0 fully saturated rings. The molecule has 0 aromatic heterocycles. The predicted octanol–water partition coefficient (Wildman–Crippen LogP) is 7.17. The minimum Gasteiger partial charge on any atom is -0.481 e. The van der Waals surface area contributed by atoms with Gasteiger partial charge in [-0.05, 0) is 25.0 Å². The fourth-order valence-corrected chi connectivity index (χ4v) is 3.50. The highest BCUT2D eigenvalue weighted by Gasteiger charge is 2.04. The molecular formula is C25H40O4. The van der Waals surface area contributed by atoms with Gasteiger partial charge in [-0.3, -0.25) is 4.79 Å². The molecule has 0 aliphatic rings. The summed E-state index contributed by atoms with van der Waals surface area (Å²) in [6.07, 6.45) is 18.5. The van der Waals surface area contributed by atoms with Gasteiger partial charge in [0, 0.05) is 6.42 Å². The highest BCUT2D eigenvalue weighted by atomic mass is 16.5. The minimum absolute atomic E-state index is 0.219. The Hall–Kier alpha value is -1.84. The number of carbonyl (C=O) groups excluding carboxylic acids is 1. The van der Waals surface area contributed by atoms with Crippen molar-refractivity contribution in [3.8, 4) is 0 Å². The van der Waals surface area contributed by atoms with E-state index in [0.717, 1.165) is 25.7 Å². The normalized spacial score (nSPS) is 10.8. The van der Waals surface area contributed by atoms with E-state index in [4.69, 9.17) is 9.84 Å². The zero-order valence-corrected chi connectivity index (χ0v) is 18.1. The lowest BCUT2D eigenvalue weighted by atomic mass is 10.0. The molecule has 0 unspecified atom stereocenters. The third-order valence-corrected chi connectivity index (χ3v) is 5.28. The van der Waals surface area contributed by atoms with Crippen molar-refractivity contribution >= 4 is 11.9 Å². The van der Waals surface area contributed by atoms with Crippen molar-refractivity contribution in [2.45, 2.75) is 103 Å². The Bertz CT molecular complexity index is 527. The fraction of sp³-hybridized carbons (Fsp3) is 0.680. The van der Waals surface area contributed by atoms with Crippen LogP contribution in [-0.4, -0.2) is 23.7 Å². The van der Waals surface area contributed by atoms with Crippen molar-refractivity contribution < 1.29 is 19.4 Å². The number of ether oxygens (including phenoxy) is 1. The summed E-state index contributed by atoms with van der Waals surface area (Å²) < 4.78 is 5.29. The van der Waals surface area contributed by atoms with Crippen LogP contribution in [0.15, 0.2) is 30.3 Å². The first kappa shape index (κ1) is 25.2. The van der Waals surface area contributed by atoms with Crippen molar-refractivity contribution in [2.24, 2.45) is 0 Å². The molecule has 0 aliphatic carbocycles. The molecule has 0 heterocycles. The number of rotatable bonds is 19. The number of carboxylic acids is 1. The van der Waals surface area contributed by atoms with Gasteiger partial charge in [-0.25, -0.2) is 4.79 Å². The smallest absolute Gasteiger partial charge is 0.338 e. The zero-order chi connectivity index (χ0) is 21.0. The standard InChI is InChI=1S/C25H40O4/c26-24(27)21-17-12-10-8-6-4-2-1-3-5-7-9-11-13-18-22-29-25(28)23-19-15-14-16-20-23/h14-16,19-20H,1-13,17-18,21-22H2,(H,26,27). The molecule has 0 saturated heterocycles. The third-order valence-electron chi connectivity index (χ3n) is 5.28. The zero-order valence-electron chi connectivity index (χ0n) is 18.1. The molecule has 4 nitrogen and oxygen atoms in total. The monoisotopic (exact) mass is 404 g/mol. The number of hydrogen-bond donors (Lipinski definition) is 1. The number of carboxylic acid groups (broad SMARTS) is 1. The summed E-state index contributed by atoms with van der Waals surface area (Å²) in [6, 6.07) is 9.17. The summed E-state index contributed by atoms with van der Waals surface area (Å²) in [5.41, 5.74) is 0.628. The molecule has 0 atom stereocenters. The van der Waals surface area contributed by atoms with E-state index in [2.05, 4.69) is 0 Å². The maximum absolute atomic E-state index is 11.8. The number of hydrogen-bond acceptors (Lipinski definition) is 3. The first-order valence-corrected chi connectivity index (χ1v) is 11.6. The second kappa shape index (κ2) is 18.2. The first-order chi connectivity index (χ1) is 14.2. The van der Waals surface area contributed by atoms with E-state index < -0.39 is 5.97 Å². The Labute approximate surface area is 177 Å². The second-order valence-electron chi connectivity index (χ2n) is 7.95. The van der Waals surface area contributed by atoms with Crippen molar-refractivity contribution in [3.63, 3.8) is 0 Å². The van der Waals surface area contributed by atoms with E-state index in [1.54, 1.807) is 12.1 Å². The van der Waals surface area contributed by atoms with Crippen LogP contribution in [0.1, 0.15) is 113 Å². The van der Waals surface area contributed by atoms with Crippen LogP contribution in [0, 0.1) is 0 Å². The van der Waals surface area contributed by atoms with Crippen LogP contribution in [0.25, 0.3) is 0 Å². The lowest BCUT2D eigenvalue weighted by Gasteiger charge is -2.05. The first-order valence-electron chi connectivity index (χ1n) is 11.6. The second-order valence-corrected chi connectivity index (χ2v) is 7.95. The van der Waals surface area contributed by atoms with Crippen molar-refractivity contribution in [1.29, 1.82) is 0 Å². The van der Waals surface area contributed by atoms with E-state index in [0.29, 0.717) is 18.6 Å². The molecule has 1 N–H and O–H groups in total. The minimum atomic E-state index is -0.672. The van der Waals surface area contributed by atoms with Crippen LogP contribution in [0.4, 0.5) is 0 Å². The van der Waals surface area contributed by atoms with Crippen LogP contribution in [0.2, 0.25) is 0 Å². The van der Waals surface area contributed by atoms with Crippen LogP contribution in [-0.2, 0) is 9.53 Å². The summed E-state index contributed by atoms with van der Waals surface area (Å²) >= 11 is 0. The fourth-order valence-electron chi connectivity index (χ4n) is 3.50. The molecule has 1 aromatic rings. The summed E-state index contributed by atoms with van der Waals surface area (Å²) in [6.45, 7) is 0.521. The van der Waals surface area contributed by atoms with Gasteiger partial charge in [0.25, 0.3) is 0 Å². The molecule has 1 aromatic carbocycles. The molecular weight excluding hydrogens is 364 g/mol. The van der Waals surface area contributed by atoms with Gasteiger partial charge in [0.2, 0.25) is 0 Å². The van der Waals surface area contributed by atoms with Gasteiger partial charge in [-0.15, -0.1) is 0 Å². The quantitative estimate of drug-likeness (QED) is 0.196. The molecule has 4 heteroatoms. The van der Waals surface area contributed by atoms with Crippen molar-refractivity contribution in [1.82, 2.24) is 0 Å². The molecule has 0 amide bonds. The molecule has 0 saturated carbocycles. The summed E-state index contributed by atoms with van der Waals surface area (Å²) in [5.74, 6) is -0.891. The molecule has 164 valence electrons. The maximum Gasteiger partial charge on any atom is 0.338 e. The Balaban J connectivity index is 1.74. The number of aliphatic carboxylic acids is 1. The average Bonchev–Trinajstić information content (AvgIpc) is 2.73. The van der Waals surface area contributed by atoms with Crippen molar-refractivity contribution in [2.75, 3.05) is 6.61 Å². The molecule has 0 bridgehead atoms. The largest absolute Gasteiger partial charge is 0.481 e. The van der Waals surface area contributed by atoms with E-state index in [-0.39, 0.29) is 5.97 Å². The van der Waals surface area contributed by atoms with Gasteiger partial charge in [0.05, 0.1) is 12.2 Å². The molecule has 0 spiro atoms. The Morgan fingerprint density at radius 1 is 0.621 bits per heavy atom. The van der Waals surface area contributed by atoms with Crippen LogP contribution < -0.4 is 0 Å². The van der Waals surface area contributed by atoms with Gasteiger partial charge in [0.1, 0.15) is 0 Å². The predicted molar refractivity (Wildman–Crippen MR) is 118 cm³/mol. The molecule has 29 heavy (non-hydrogen) atoms. The highest BCUT2D eigenvalue weighted by molar-refractivity contribution is 5.89. The van der Waals surface area contributed by atoms with E-state index >= 15 is 0 Å². The van der Waals surface area contributed by atoms with E-state index in [9.17, 15) is 9.59 Å². The van der Waals surface area contributed by atoms with Crippen molar-refractivity contribution in [3.05, 3.63) is 35.9 Å². The summed E-state index contributed by atoms with van der Waals surface area (Å²) in [4.78, 5) is 22.2. The number of carbonyl (C=O) groups is 2. The van der Waals surface area contributed by atoms with E-state index in [1.807, 2.05) is 18.2 Å².